The van der Waals surface area contributed by atoms with E-state index in [1.807, 2.05) is 31.3 Å². The van der Waals surface area contributed by atoms with Crippen molar-refractivity contribution in [1.82, 2.24) is 4.57 Å². The number of carbonyl (C=O) groups excluding carboxylic acids is 2. The molecule has 0 saturated heterocycles. The molecule has 176 valence electrons. The molecule has 0 aliphatic heterocycles. The van der Waals surface area contributed by atoms with Gasteiger partial charge in [0.05, 0.1) is 20.3 Å². The highest BCUT2D eigenvalue weighted by molar-refractivity contribution is 6.00. The quantitative estimate of drug-likeness (QED) is 0.332. The summed E-state index contributed by atoms with van der Waals surface area (Å²) in [6.07, 6.45) is 2.27. The second-order valence-corrected chi connectivity index (χ2v) is 8.52. The van der Waals surface area contributed by atoms with E-state index in [2.05, 4.69) is 35.9 Å². The first-order valence-electron chi connectivity index (χ1n) is 11.3. The van der Waals surface area contributed by atoms with Gasteiger partial charge < -0.3 is 18.8 Å². The van der Waals surface area contributed by atoms with Crippen LogP contribution in [-0.4, -0.2) is 36.8 Å². The average molecular weight is 452 g/mol. The topological polar surface area (TPSA) is 66.8 Å². The largest absolute Gasteiger partial charge is 0.497 e. The molecule has 0 saturated carbocycles. The van der Waals surface area contributed by atoms with Crippen LogP contribution in [0.5, 0.6) is 5.75 Å². The summed E-state index contributed by atoms with van der Waals surface area (Å²) >= 11 is 0. The Kier molecular flexibility index (Phi) is 7.46. The second-order valence-electron chi connectivity index (χ2n) is 8.52. The fourth-order valence-electron chi connectivity index (χ4n) is 4.32. The van der Waals surface area contributed by atoms with Crippen molar-refractivity contribution in [3.05, 3.63) is 65.4 Å². The summed E-state index contributed by atoms with van der Waals surface area (Å²) in [5.74, 6) is -0.715. The highest BCUT2D eigenvalue weighted by Crippen LogP contribution is 2.42. The average Bonchev–Trinajstić information content (AvgIpc) is 3.12. The second kappa shape index (κ2) is 10.1. The van der Waals surface area contributed by atoms with Gasteiger partial charge in [0.2, 0.25) is 0 Å². The smallest absolute Gasteiger partial charge is 0.323 e. The SMILES string of the molecule is CCOC(=O)C(C)(CC(c1cccc(OC)c1)c1cn(C)c2ccc(C)cc12)C(=O)OCC. The number of benzene rings is 2. The summed E-state index contributed by atoms with van der Waals surface area (Å²) in [4.78, 5) is 26.1. The maximum Gasteiger partial charge on any atom is 0.323 e. The zero-order valence-electron chi connectivity index (χ0n) is 20.3. The minimum atomic E-state index is -1.47. The molecule has 0 amide bonds. The first-order valence-corrected chi connectivity index (χ1v) is 11.3. The Morgan fingerprint density at radius 2 is 1.70 bits per heavy atom. The first-order chi connectivity index (χ1) is 15.7. The molecule has 1 atom stereocenters. The van der Waals surface area contributed by atoms with E-state index < -0.39 is 17.4 Å². The minimum absolute atomic E-state index is 0.186. The van der Waals surface area contributed by atoms with E-state index in [4.69, 9.17) is 14.2 Å². The van der Waals surface area contributed by atoms with Crippen molar-refractivity contribution >= 4 is 22.8 Å². The number of aromatic nitrogens is 1. The molecule has 6 heteroatoms. The third-order valence-corrected chi connectivity index (χ3v) is 6.11. The van der Waals surface area contributed by atoms with Crippen molar-refractivity contribution in [2.24, 2.45) is 12.5 Å². The molecule has 33 heavy (non-hydrogen) atoms. The Bertz CT molecular complexity index is 1130. The predicted molar refractivity (Wildman–Crippen MR) is 128 cm³/mol. The van der Waals surface area contributed by atoms with Gasteiger partial charge in [0, 0.05) is 30.1 Å². The molecule has 0 radical (unpaired) electrons. The molecular weight excluding hydrogens is 418 g/mol. The molecule has 0 spiro atoms. The van der Waals surface area contributed by atoms with Gasteiger partial charge in [0.1, 0.15) is 5.75 Å². The van der Waals surface area contributed by atoms with E-state index in [0.717, 1.165) is 27.6 Å². The summed E-state index contributed by atoms with van der Waals surface area (Å²) in [5, 5.41) is 1.08. The Morgan fingerprint density at radius 1 is 1.03 bits per heavy atom. The third-order valence-electron chi connectivity index (χ3n) is 6.11. The summed E-state index contributed by atoms with van der Waals surface area (Å²) in [6, 6.07) is 14.1. The molecule has 0 aliphatic rings. The summed E-state index contributed by atoms with van der Waals surface area (Å²) < 4.78 is 18.2. The van der Waals surface area contributed by atoms with Gasteiger partial charge in [0.15, 0.2) is 5.41 Å². The number of methoxy groups -OCH3 is 1. The molecule has 3 aromatic rings. The Hall–Kier alpha value is -3.28. The lowest BCUT2D eigenvalue weighted by atomic mass is 9.75. The van der Waals surface area contributed by atoms with Crippen LogP contribution >= 0.6 is 0 Å². The molecule has 2 aromatic carbocycles. The molecule has 0 bridgehead atoms. The number of carbonyl (C=O) groups is 2. The lowest BCUT2D eigenvalue weighted by Gasteiger charge is -2.30. The summed E-state index contributed by atoms with van der Waals surface area (Å²) in [6.45, 7) is 7.51. The highest BCUT2D eigenvalue weighted by Gasteiger charge is 2.46. The lowest BCUT2D eigenvalue weighted by molar-refractivity contribution is -0.171. The van der Waals surface area contributed by atoms with E-state index in [0.29, 0.717) is 5.75 Å². The Morgan fingerprint density at radius 3 is 2.30 bits per heavy atom. The van der Waals surface area contributed by atoms with Gasteiger partial charge in [-0.15, -0.1) is 0 Å². The zero-order chi connectivity index (χ0) is 24.2. The van der Waals surface area contributed by atoms with Crippen molar-refractivity contribution in [2.45, 2.75) is 40.0 Å². The number of hydrogen-bond acceptors (Lipinski definition) is 5. The summed E-state index contributed by atoms with van der Waals surface area (Å²) in [5.41, 5.74) is 2.73. The number of aryl methyl sites for hydroxylation is 2. The number of nitrogens with zero attached hydrogens (tertiary/aromatic N) is 1. The molecule has 0 fully saturated rings. The van der Waals surface area contributed by atoms with Crippen LogP contribution in [0.25, 0.3) is 10.9 Å². The molecule has 6 nitrogen and oxygen atoms in total. The van der Waals surface area contributed by atoms with Crippen LogP contribution in [0.4, 0.5) is 0 Å². The number of fused-ring (bicyclic) bond motifs is 1. The van der Waals surface area contributed by atoms with E-state index in [1.54, 1.807) is 27.9 Å². The van der Waals surface area contributed by atoms with Crippen molar-refractivity contribution in [1.29, 1.82) is 0 Å². The Labute approximate surface area is 195 Å². The van der Waals surface area contributed by atoms with Crippen molar-refractivity contribution in [2.75, 3.05) is 20.3 Å². The molecule has 0 aliphatic carbocycles. The molecular formula is C27H33NO5. The monoisotopic (exact) mass is 451 g/mol. The fourth-order valence-corrected chi connectivity index (χ4v) is 4.32. The van der Waals surface area contributed by atoms with Crippen LogP contribution in [0.15, 0.2) is 48.7 Å². The maximum absolute atomic E-state index is 13.1. The Balaban J connectivity index is 2.22. The third kappa shape index (κ3) is 4.90. The van der Waals surface area contributed by atoms with E-state index >= 15 is 0 Å². The van der Waals surface area contributed by atoms with Crippen LogP contribution in [0.2, 0.25) is 0 Å². The standard InChI is InChI=1S/C27H33NO5/c1-7-32-25(29)27(4,26(30)33-8-2)16-22(19-10-9-11-20(15-19)31-6)23-17-28(5)24-13-12-18(3)14-21(23)24/h9-15,17,22H,7-8,16H2,1-6H3. The molecule has 1 unspecified atom stereocenters. The van der Waals surface area contributed by atoms with Crippen LogP contribution in [0.1, 0.15) is 49.8 Å². The van der Waals surface area contributed by atoms with E-state index in [-0.39, 0.29) is 25.6 Å². The van der Waals surface area contributed by atoms with Gasteiger partial charge >= 0.3 is 11.9 Å². The van der Waals surface area contributed by atoms with Crippen molar-refractivity contribution in [3.8, 4) is 5.75 Å². The van der Waals surface area contributed by atoms with Crippen molar-refractivity contribution < 1.29 is 23.8 Å². The van der Waals surface area contributed by atoms with Gasteiger partial charge in [-0.1, -0.05) is 23.8 Å². The summed E-state index contributed by atoms with van der Waals surface area (Å²) in [7, 11) is 3.62. The van der Waals surface area contributed by atoms with Crippen LogP contribution in [0.3, 0.4) is 0 Å². The number of hydrogen-bond donors (Lipinski definition) is 0. The van der Waals surface area contributed by atoms with Crippen LogP contribution < -0.4 is 4.74 Å². The van der Waals surface area contributed by atoms with E-state index in [1.165, 1.54) is 0 Å². The fraction of sp³-hybridized carbons (Fsp3) is 0.407. The zero-order valence-corrected chi connectivity index (χ0v) is 20.3. The van der Waals surface area contributed by atoms with Crippen LogP contribution in [0, 0.1) is 12.3 Å². The van der Waals surface area contributed by atoms with Gasteiger partial charge in [-0.2, -0.15) is 0 Å². The van der Waals surface area contributed by atoms with Gasteiger partial charge in [-0.05, 0) is 69.5 Å². The first kappa shape index (κ1) is 24.4. The molecule has 3 rings (SSSR count). The van der Waals surface area contributed by atoms with Gasteiger partial charge in [0.25, 0.3) is 0 Å². The minimum Gasteiger partial charge on any atom is -0.497 e. The maximum atomic E-state index is 13.1. The molecule has 1 heterocycles. The van der Waals surface area contributed by atoms with Gasteiger partial charge in [-0.3, -0.25) is 9.59 Å². The number of rotatable bonds is 9. The lowest BCUT2D eigenvalue weighted by Crippen LogP contribution is -2.41. The normalized spacial score (nSPS) is 12.4. The van der Waals surface area contributed by atoms with Crippen molar-refractivity contribution in [3.63, 3.8) is 0 Å². The molecule has 1 aromatic heterocycles. The number of ether oxygens (including phenoxy) is 3. The van der Waals surface area contributed by atoms with Gasteiger partial charge in [-0.25, -0.2) is 0 Å². The number of esters is 2. The van der Waals surface area contributed by atoms with Crippen LogP contribution in [-0.2, 0) is 26.1 Å². The van der Waals surface area contributed by atoms with E-state index in [9.17, 15) is 9.59 Å². The predicted octanol–water partition coefficient (Wildman–Crippen LogP) is 5.15. The molecule has 0 N–H and O–H groups in total. The highest BCUT2D eigenvalue weighted by atomic mass is 16.6.